The van der Waals surface area contributed by atoms with Crippen molar-refractivity contribution in [2.45, 2.75) is 33.4 Å². The van der Waals surface area contributed by atoms with Gasteiger partial charge in [-0.05, 0) is 29.7 Å². The molecular weight excluding hydrogens is 243 g/mol. The van der Waals surface area contributed by atoms with Gasteiger partial charge in [-0.25, -0.2) is 9.37 Å². The molecule has 1 heterocycles. The number of hydrogen-bond donors (Lipinski definition) is 1. The van der Waals surface area contributed by atoms with Gasteiger partial charge >= 0.3 is 0 Å². The van der Waals surface area contributed by atoms with Gasteiger partial charge in [-0.3, -0.25) is 0 Å². The lowest BCUT2D eigenvalue weighted by Gasteiger charge is -2.25. The number of rotatable bonds is 3. The topological polar surface area (TPSA) is 38.0 Å². The van der Waals surface area contributed by atoms with E-state index in [1.165, 1.54) is 12.1 Å². The molecule has 2 aromatic rings. The minimum absolute atomic E-state index is 0.166. The van der Waals surface area contributed by atoms with E-state index in [0.717, 1.165) is 11.3 Å². The number of aliphatic hydroxyl groups is 1. The zero-order chi connectivity index (χ0) is 14.0. The summed E-state index contributed by atoms with van der Waals surface area (Å²) in [4.78, 5) is 4.28. The van der Waals surface area contributed by atoms with Crippen LogP contribution in [0.25, 0.3) is 11.3 Å². The minimum Gasteiger partial charge on any atom is -0.391 e. The summed E-state index contributed by atoms with van der Waals surface area (Å²) in [5.74, 6) is -0.258. The van der Waals surface area contributed by atoms with Crippen LogP contribution in [-0.4, -0.2) is 20.8 Å². The van der Waals surface area contributed by atoms with Gasteiger partial charge in [0, 0.05) is 11.8 Å². The van der Waals surface area contributed by atoms with Crippen molar-refractivity contribution in [1.82, 2.24) is 9.55 Å². The lowest BCUT2D eigenvalue weighted by molar-refractivity contribution is 0.0481. The Morgan fingerprint density at radius 1 is 1.26 bits per heavy atom. The number of nitrogens with zero attached hydrogens (tertiary/aromatic N) is 2. The van der Waals surface area contributed by atoms with Gasteiger partial charge in [-0.2, -0.15) is 0 Å². The summed E-state index contributed by atoms with van der Waals surface area (Å²) < 4.78 is 14.7. The standard InChI is InChI=1S/C15H19FN2O/c1-15(2,3)14(19)9-18-8-13(17-10-18)11-4-6-12(16)7-5-11/h4-8,10,14,19H,9H2,1-3H3. The third-order valence-electron chi connectivity index (χ3n) is 3.16. The van der Waals surface area contributed by atoms with E-state index in [1.807, 2.05) is 31.5 Å². The highest BCUT2D eigenvalue weighted by Crippen LogP contribution is 2.22. The maximum absolute atomic E-state index is 12.9. The van der Waals surface area contributed by atoms with Crippen molar-refractivity contribution in [3.63, 3.8) is 0 Å². The molecule has 1 N–H and O–H groups in total. The summed E-state index contributed by atoms with van der Waals surface area (Å²) in [5, 5.41) is 10.1. The fourth-order valence-electron chi connectivity index (χ4n) is 1.70. The molecular formula is C15H19FN2O. The van der Waals surface area contributed by atoms with E-state index in [2.05, 4.69) is 4.98 Å². The van der Waals surface area contributed by atoms with Gasteiger partial charge in [0.25, 0.3) is 0 Å². The van der Waals surface area contributed by atoms with E-state index in [-0.39, 0.29) is 11.2 Å². The zero-order valence-corrected chi connectivity index (χ0v) is 11.5. The van der Waals surface area contributed by atoms with Crippen LogP contribution in [0.5, 0.6) is 0 Å². The Morgan fingerprint density at radius 2 is 1.89 bits per heavy atom. The van der Waals surface area contributed by atoms with E-state index in [9.17, 15) is 9.50 Å². The summed E-state index contributed by atoms with van der Waals surface area (Å²) in [5.41, 5.74) is 1.48. The predicted molar refractivity (Wildman–Crippen MR) is 73.1 cm³/mol. The zero-order valence-electron chi connectivity index (χ0n) is 11.5. The van der Waals surface area contributed by atoms with Crippen molar-refractivity contribution in [2.24, 2.45) is 5.41 Å². The second-order valence-corrected chi connectivity index (χ2v) is 5.84. The second-order valence-electron chi connectivity index (χ2n) is 5.84. The Balaban J connectivity index is 2.13. The molecule has 1 aromatic heterocycles. The number of aliphatic hydroxyl groups excluding tert-OH is 1. The average Bonchev–Trinajstić information content (AvgIpc) is 2.77. The molecule has 0 aliphatic carbocycles. The third-order valence-corrected chi connectivity index (χ3v) is 3.16. The van der Waals surface area contributed by atoms with Crippen molar-refractivity contribution < 1.29 is 9.50 Å². The molecule has 0 radical (unpaired) electrons. The van der Waals surface area contributed by atoms with Crippen molar-refractivity contribution in [3.05, 3.63) is 42.6 Å². The lowest BCUT2D eigenvalue weighted by atomic mass is 9.89. The van der Waals surface area contributed by atoms with Gasteiger partial charge in [0.2, 0.25) is 0 Å². The summed E-state index contributed by atoms with van der Waals surface area (Å²) in [6.07, 6.45) is 3.11. The van der Waals surface area contributed by atoms with Crippen LogP contribution >= 0.6 is 0 Å². The highest BCUT2D eigenvalue weighted by atomic mass is 19.1. The van der Waals surface area contributed by atoms with E-state index >= 15 is 0 Å². The molecule has 0 bridgehead atoms. The van der Waals surface area contributed by atoms with Crippen LogP contribution < -0.4 is 0 Å². The molecule has 0 amide bonds. The predicted octanol–water partition coefficient (Wildman–Crippen LogP) is 3.10. The first-order valence-corrected chi connectivity index (χ1v) is 6.32. The van der Waals surface area contributed by atoms with Crippen LogP contribution in [0.15, 0.2) is 36.8 Å². The molecule has 1 aromatic carbocycles. The molecule has 1 atom stereocenters. The average molecular weight is 262 g/mol. The molecule has 0 fully saturated rings. The largest absolute Gasteiger partial charge is 0.391 e. The van der Waals surface area contributed by atoms with Gasteiger partial charge in [0.05, 0.1) is 24.7 Å². The third kappa shape index (κ3) is 3.41. The molecule has 0 aliphatic rings. The molecule has 102 valence electrons. The van der Waals surface area contributed by atoms with Crippen LogP contribution in [0, 0.1) is 11.2 Å². The van der Waals surface area contributed by atoms with Crippen molar-refractivity contribution in [2.75, 3.05) is 0 Å². The molecule has 1 unspecified atom stereocenters. The molecule has 0 aliphatic heterocycles. The smallest absolute Gasteiger partial charge is 0.123 e. The lowest BCUT2D eigenvalue weighted by Crippen LogP contribution is -2.30. The molecule has 4 heteroatoms. The molecule has 0 spiro atoms. The van der Waals surface area contributed by atoms with Gasteiger partial charge in [0.15, 0.2) is 0 Å². The Morgan fingerprint density at radius 3 is 2.47 bits per heavy atom. The highest BCUT2D eigenvalue weighted by molar-refractivity contribution is 5.57. The Hall–Kier alpha value is -1.68. The van der Waals surface area contributed by atoms with Gasteiger partial charge < -0.3 is 9.67 Å². The summed E-state index contributed by atoms with van der Waals surface area (Å²) in [7, 11) is 0. The fourth-order valence-corrected chi connectivity index (χ4v) is 1.70. The first-order chi connectivity index (χ1) is 8.86. The van der Waals surface area contributed by atoms with E-state index in [4.69, 9.17) is 0 Å². The molecule has 3 nitrogen and oxygen atoms in total. The maximum atomic E-state index is 12.9. The first kappa shape index (κ1) is 13.7. The molecule has 19 heavy (non-hydrogen) atoms. The first-order valence-electron chi connectivity index (χ1n) is 6.32. The number of imidazole rings is 1. The van der Waals surface area contributed by atoms with Gasteiger partial charge in [-0.15, -0.1) is 0 Å². The molecule has 0 saturated heterocycles. The second kappa shape index (κ2) is 5.13. The van der Waals surface area contributed by atoms with Gasteiger partial charge in [-0.1, -0.05) is 20.8 Å². The maximum Gasteiger partial charge on any atom is 0.123 e. The van der Waals surface area contributed by atoms with Crippen molar-refractivity contribution in [3.8, 4) is 11.3 Å². The van der Waals surface area contributed by atoms with E-state index in [0.29, 0.717) is 6.54 Å². The molecule has 2 rings (SSSR count). The summed E-state index contributed by atoms with van der Waals surface area (Å²) in [6.45, 7) is 6.48. The van der Waals surface area contributed by atoms with Crippen LogP contribution in [0.2, 0.25) is 0 Å². The van der Waals surface area contributed by atoms with Crippen molar-refractivity contribution >= 4 is 0 Å². The van der Waals surface area contributed by atoms with Crippen LogP contribution in [0.4, 0.5) is 4.39 Å². The van der Waals surface area contributed by atoms with Gasteiger partial charge in [0.1, 0.15) is 5.82 Å². The number of halogens is 1. The Labute approximate surface area is 112 Å². The normalized spacial score (nSPS) is 13.5. The summed E-state index contributed by atoms with van der Waals surface area (Å²) in [6, 6.07) is 6.22. The van der Waals surface area contributed by atoms with Crippen molar-refractivity contribution in [1.29, 1.82) is 0 Å². The van der Waals surface area contributed by atoms with E-state index < -0.39 is 6.10 Å². The molecule has 0 saturated carbocycles. The van der Waals surface area contributed by atoms with Crippen LogP contribution in [0.1, 0.15) is 20.8 Å². The minimum atomic E-state index is -0.442. The van der Waals surface area contributed by atoms with E-state index in [1.54, 1.807) is 18.5 Å². The summed E-state index contributed by atoms with van der Waals surface area (Å²) >= 11 is 0. The number of aromatic nitrogens is 2. The fraction of sp³-hybridized carbons (Fsp3) is 0.400. The number of benzene rings is 1. The SMILES string of the molecule is CC(C)(C)C(O)Cn1cnc(-c2ccc(F)cc2)c1. The Bertz CT molecular complexity index is 540. The number of hydrogen-bond acceptors (Lipinski definition) is 2. The monoisotopic (exact) mass is 262 g/mol. The quantitative estimate of drug-likeness (QED) is 0.923. The van der Waals surface area contributed by atoms with Crippen LogP contribution in [-0.2, 0) is 6.54 Å². The van der Waals surface area contributed by atoms with Crippen LogP contribution in [0.3, 0.4) is 0 Å². The highest BCUT2D eigenvalue weighted by Gasteiger charge is 2.22. The Kier molecular flexibility index (Phi) is 3.71.